The first-order valence-corrected chi connectivity index (χ1v) is 13.1. The maximum absolute atomic E-state index is 13.5. The quantitative estimate of drug-likeness (QED) is 0.499. The molecule has 2 aromatic carbocycles. The van der Waals surface area contributed by atoms with Crippen molar-refractivity contribution in [2.24, 2.45) is 0 Å². The maximum atomic E-state index is 13.5. The Bertz CT molecular complexity index is 1100. The van der Waals surface area contributed by atoms with Gasteiger partial charge < -0.3 is 4.90 Å². The normalized spacial score (nSPS) is 17.8. The minimum atomic E-state index is -3.34. The number of amides is 1. The summed E-state index contributed by atoms with van der Waals surface area (Å²) in [5, 5.41) is 9.55. The van der Waals surface area contributed by atoms with E-state index in [9.17, 15) is 18.5 Å². The van der Waals surface area contributed by atoms with Crippen molar-refractivity contribution in [1.82, 2.24) is 9.21 Å². The molecule has 0 atom stereocenters. The van der Waals surface area contributed by atoms with E-state index < -0.39 is 15.3 Å². The molecule has 2 heterocycles. The van der Waals surface area contributed by atoms with E-state index in [-0.39, 0.29) is 11.5 Å². The van der Waals surface area contributed by atoms with E-state index in [4.69, 9.17) is 0 Å². The number of carbonyl (C=O) groups is 1. The maximum Gasteiger partial charge on any atom is 0.265 e. The molecule has 7 heteroatoms. The average molecular weight is 464 g/mol. The van der Waals surface area contributed by atoms with Gasteiger partial charge in [-0.1, -0.05) is 67.1 Å². The number of carbonyl (C=O) groups excluding carboxylic acids is 1. The molecule has 1 amide bonds. The van der Waals surface area contributed by atoms with Crippen molar-refractivity contribution >= 4 is 21.5 Å². The van der Waals surface area contributed by atoms with Gasteiger partial charge in [0.1, 0.15) is 11.6 Å². The zero-order valence-corrected chi connectivity index (χ0v) is 19.5. The molecule has 0 bridgehead atoms. The molecule has 33 heavy (non-hydrogen) atoms. The van der Waals surface area contributed by atoms with Gasteiger partial charge in [-0.25, -0.2) is 12.7 Å². The van der Waals surface area contributed by atoms with Crippen LogP contribution in [0.1, 0.15) is 43.2 Å². The SMILES string of the molecule is N#CC(C(=O)N1CCC(S(=O)(=O)N2CCCCC2)CC1)=C(c1ccccc1)c1ccccc1. The number of nitrogens with zero attached hydrogens (tertiary/aromatic N) is 3. The highest BCUT2D eigenvalue weighted by Gasteiger charge is 2.37. The van der Waals surface area contributed by atoms with Gasteiger partial charge in [-0.15, -0.1) is 0 Å². The lowest BCUT2D eigenvalue weighted by Gasteiger charge is -2.35. The van der Waals surface area contributed by atoms with Crippen molar-refractivity contribution in [3.63, 3.8) is 0 Å². The number of hydrogen-bond donors (Lipinski definition) is 0. The molecule has 0 aromatic heterocycles. The topological polar surface area (TPSA) is 81.5 Å². The third kappa shape index (κ3) is 5.02. The average Bonchev–Trinajstić information content (AvgIpc) is 2.88. The zero-order chi connectivity index (χ0) is 23.3. The van der Waals surface area contributed by atoms with Gasteiger partial charge in [0.15, 0.2) is 0 Å². The van der Waals surface area contributed by atoms with Crippen molar-refractivity contribution < 1.29 is 13.2 Å². The van der Waals surface area contributed by atoms with Crippen molar-refractivity contribution in [2.75, 3.05) is 26.2 Å². The first kappa shape index (κ1) is 23.2. The highest BCUT2D eigenvalue weighted by Crippen LogP contribution is 2.30. The van der Waals surface area contributed by atoms with Crippen molar-refractivity contribution in [2.45, 2.75) is 37.4 Å². The number of hydrogen-bond acceptors (Lipinski definition) is 4. The summed E-state index contributed by atoms with van der Waals surface area (Å²) < 4.78 is 27.7. The number of nitriles is 1. The molecule has 172 valence electrons. The third-order valence-corrected chi connectivity index (χ3v) is 8.92. The largest absolute Gasteiger partial charge is 0.338 e. The van der Waals surface area contributed by atoms with E-state index in [0.717, 1.165) is 30.4 Å². The van der Waals surface area contributed by atoms with E-state index >= 15 is 0 Å². The van der Waals surface area contributed by atoms with E-state index in [2.05, 4.69) is 6.07 Å². The molecule has 0 radical (unpaired) electrons. The molecule has 2 aromatic rings. The Morgan fingerprint density at radius 2 is 1.33 bits per heavy atom. The fourth-order valence-corrected chi connectivity index (χ4v) is 6.72. The Labute approximate surface area is 196 Å². The monoisotopic (exact) mass is 463 g/mol. The molecule has 0 unspecified atom stereocenters. The first-order chi connectivity index (χ1) is 16.0. The minimum Gasteiger partial charge on any atom is -0.338 e. The molecule has 6 nitrogen and oxygen atoms in total. The smallest absolute Gasteiger partial charge is 0.265 e. The summed E-state index contributed by atoms with van der Waals surface area (Å²) in [6.45, 7) is 1.86. The standard InChI is InChI=1S/C26H29N3O3S/c27-20-24(25(21-10-4-1-5-11-21)22-12-6-2-7-13-22)26(30)28-18-14-23(15-19-28)33(31,32)29-16-8-3-9-17-29/h1-2,4-7,10-13,23H,3,8-9,14-19H2. The van der Waals surface area contributed by atoms with Crippen LogP contribution in [0.4, 0.5) is 0 Å². The Morgan fingerprint density at radius 1 is 0.818 bits per heavy atom. The van der Waals surface area contributed by atoms with Crippen LogP contribution in [0, 0.1) is 11.3 Å². The van der Waals surface area contributed by atoms with Gasteiger partial charge in [0.25, 0.3) is 5.91 Å². The first-order valence-electron chi connectivity index (χ1n) is 11.6. The molecular formula is C26H29N3O3S. The van der Waals surface area contributed by atoms with Crippen LogP contribution >= 0.6 is 0 Å². The van der Waals surface area contributed by atoms with E-state index in [1.54, 1.807) is 9.21 Å². The highest BCUT2D eigenvalue weighted by molar-refractivity contribution is 7.89. The Hall–Kier alpha value is -2.95. The predicted molar refractivity (Wildman–Crippen MR) is 128 cm³/mol. The van der Waals surface area contributed by atoms with Gasteiger partial charge in [-0.05, 0) is 36.8 Å². The summed E-state index contributed by atoms with van der Waals surface area (Å²) in [5.41, 5.74) is 2.30. The Morgan fingerprint density at radius 3 is 1.82 bits per heavy atom. The van der Waals surface area contributed by atoms with Crippen LogP contribution in [-0.4, -0.2) is 55.0 Å². The number of piperidine rings is 2. The number of rotatable bonds is 5. The summed E-state index contributed by atoms with van der Waals surface area (Å²) in [6.07, 6.45) is 3.70. The fraction of sp³-hybridized carbons (Fsp3) is 0.385. The molecule has 0 spiro atoms. The van der Waals surface area contributed by atoms with Crippen molar-refractivity contribution in [3.8, 4) is 6.07 Å². The molecule has 2 aliphatic heterocycles. The minimum absolute atomic E-state index is 0.0877. The van der Waals surface area contributed by atoms with Gasteiger partial charge >= 0.3 is 0 Å². The second-order valence-electron chi connectivity index (χ2n) is 8.59. The van der Waals surface area contributed by atoms with Crippen molar-refractivity contribution in [1.29, 1.82) is 5.26 Å². The van der Waals surface area contributed by atoms with E-state index in [1.807, 2.05) is 60.7 Å². The number of benzene rings is 2. The lowest BCUT2D eigenvalue weighted by atomic mass is 9.92. The van der Waals surface area contributed by atoms with Crippen LogP contribution in [0.15, 0.2) is 66.2 Å². The van der Waals surface area contributed by atoms with Crippen LogP contribution in [0.2, 0.25) is 0 Å². The van der Waals surface area contributed by atoms with Crippen molar-refractivity contribution in [3.05, 3.63) is 77.4 Å². The molecule has 0 aliphatic carbocycles. The fourth-order valence-electron chi connectivity index (χ4n) is 4.72. The third-order valence-electron chi connectivity index (χ3n) is 6.53. The number of sulfonamides is 1. The molecule has 2 fully saturated rings. The summed E-state index contributed by atoms with van der Waals surface area (Å²) in [6, 6.07) is 21.1. The van der Waals surface area contributed by atoms with Gasteiger partial charge in [0, 0.05) is 31.8 Å². The van der Waals surface area contributed by atoms with E-state index in [0.29, 0.717) is 44.6 Å². The van der Waals surface area contributed by atoms with Crippen LogP contribution in [-0.2, 0) is 14.8 Å². The van der Waals surface area contributed by atoms with Crippen LogP contribution in [0.25, 0.3) is 5.57 Å². The lowest BCUT2D eigenvalue weighted by molar-refractivity contribution is -0.127. The Kier molecular flexibility index (Phi) is 7.26. The molecule has 0 N–H and O–H groups in total. The summed E-state index contributed by atoms with van der Waals surface area (Å²) in [4.78, 5) is 15.1. The summed E-state index contributed by atoms with van der Waals surface area (Å²) in [5.74, 6) is -0.339. The highest BCUT2D eigenvalue weighted by atomic mass is 32.2. The van der Waals surface area contributed by atoms with E-state index in [1.165, 1.54) is 0 Å². The molecule has 2 aliphatic rings. The molecule has 0 saturated carbocycles. The van der Waals surface area contributed by atoms with Crippen LogP contribution in [0.5, 0.6) is 0 Å². The van der Waals surface area contributed by atoms with Gasteiger partial charge in [-0.2, -0.15) is 5.26 Å². The molecule has 2 saturated heterocycles. The zero-order valence-electron chi connectivity index (χ0n) is 18.7. The summed E-state index contributed by atoms with van der Waals surface area (Å²) in [7, 11) is -3.34. The summed E-state index contributed by atoms with van der Waals surface area (Å²) >= 11 is 0. The van der Waals surface area contributed by atoms with Crippen LogP contribution < -0.4 is 0 Å². The molecule has 4 rings (SSSR count). The predicted octanol–water partition coefficient (Wildman–Crippen LogP) is 3.82. The van der Waals surface area contributed by atoms with Gasteiger partial charge in [-0.3, -0.25) is 4.79 Å². The van der Waals surface area contributed by atoms with Crippen LogP contribution in [0.3, 0.4) is 0 Å². The van der Waals surface area contributed by atoms with Gasteiger partial charge in [0.2, 0.25) is 10.0 Å². The molecular weight excluding hydrogens is 434 g/mol. The lowest BCUT2D eigenvalue weighted by Crippen LogP contribution is -2.48. The second kappa shape index (κ2) is 10.3. The Balaban J connectivity index is 1.57. The van der Waals surface area contributed by atoms with Gasteiger partial charge in [0.05, 0.1) is 5.25 Å². The second-order valence-corrected chi connectivity index (χ2v) is 10.8. The number of likely N-dealkylation sites (tertiary alicyclic amines) is 1.